The lowest BCUT2D eigenvalue weighted by Crippen LogP contribution is -2.59. The van der Waals surface area contributed by atoms with E-state index in [0.717, 1.165) is 12.1 Å². The summed E-state index contributed by atoms with van der Waals surface area (Å²) in [5.74, 6) is -3.50. The van der Waals surface area contributed by atoms with Crippen LogP contribution in [0.1, 0.15) is 38.3 Å². The Hall–Kier alpha value is -1.98. The van der Waals surface area contributed by atoms with Crippen molar-refractivity contribution < 1.29 is 23.1 Å². The molecule has 0 aliphatic carbocycles. The van der Waals surface area contributed by atoms with Gasteiger partial charge in [0.1, 0.15) is 5.60 Å². The van der Waals surface area contributed by atoms with E-state index in [0.29, 0.717) is 18.4 Å². The highest BCUT2D eigenvalue weighted by atomic mass is 19.2. The standard InChI is InChI=1S/C15H15F2NO3/c1-15(2)12-6-5-11(18(12)13(19)14(20)21-15)8-3-4-9(16)10(17)7-8/h3-4,7,11-12H,5-6H2,1-2H3/t11-,12+/m0/s1. The molecular formula is C15H15F2NO3. The van der Waals surface area contributed by atoms with E-state index in [-0.39, 0.29) is 6.04 Å². The molecule has 0 N–H and O–H groups in total. The number of cyclic esters (lactones) is 1. The van der Waals surface area contributed by atoms with E-state index in [2.05, 4.69) is 0 Å². The fraction of sp³-hybridized carbons (Fsp3) is 0.467. The normalized spacial score (nSPS) is 27.5. The quantitative estimate of drug-likeness (QED) is 0.590. The minimum Gasteiger partial charge on any atom is -0.450 e. The number of halogens is 2. The number of ether oxygens (including phenoxy) is 1. The maximum atomic E-state index is 13.4. The number of hydrogen-bond acceptors (Lipinski definition) is 3. The summed E-state index contributed by atoms with van der Waals surface area (Å²) in [7, 11) is 0. The second-order valence-electron chi connectivity index (χ2n) is 5.99. The smallest absolute Gasteiger partial charge is 0.397 e. The number of fused-ring (bicyclic) bond motifs is 1. The van der Waals surface area contributed by atoms with Crippen LogP contribution in [0.3, 0.4) is 0 Å². The number of carbonyl (C=O) groups excluding carboxylic acids is 2. The van der Waals surface area contributed by atoms with Gasteiger partial charge in [-0.3, -0.25) is 4.79 Å². The number of nitrogens with zero attached hydrogens (tertiary/aromatic N) is 1. The van der Waals surface area contributed by atoms with Crippen LogP contribution in [-0.4, -0.2) is 28.4 Å². The van der Waals surface area contributed by atoms with Crippen LogP contribution in [0.2, 0.25) is 0 Å². The first-order chi connectivity index (χ1) is 9.81. The van der Waals surface area contributed by atoms with Crippen LogP contribution in [0.5, 0.6) is 0 Å². The predicted octanol–water partition coefficient (Wildman–Crippen LogP) is 2.33. The van der Waals surface area contributed by atoms with Gasteiger partial charge in [-0.15, -0.1) is 0 Å². The number of rotatable bonds is 1. The zero-order valence-corrected chi connectivity index (χ0v) is 11.7. The van der Waals surface area contributed by atoms with E-state index in [1.54, 1.807) is 13.8 Å². The third-order valence-electron chi connectivity index (χ3n) is 4.28. The van der Waals surface area contributed by atoms with Gasteiger partial charge in [0.2, 0.25) is 0 Å². The molecular weight excluding hydrogens is 280 g/mol. The van der Waals surface area contributed by atoms with Gasteiger partial charge in [0.15, 0.2) is 11.6 Å². The van der Waals surface area contributed by atoms with Gasteiger partial charge in [-0.25, -0.2) is 13.6 Å². The molecule has 0 unspecified atom stereocenters. The van der Waals surface area contributed by atoms with Crippen LogP contribution in [0.25, 0.3) is 0 Å². The van der Waals surface area contributed by atoms with E-state index in [9.17, 15) is 18.4 Å². The maximum absolute atomic E-state index is 13.4. The van der Waals surface area contributed by atoms with Crippen LogP contribution < -0.4 is 0 Å². The summed E-state index contributed by atoms with van der Waals surface area (Å²) in [4.78, 5) is 25.3. The largest absolute Gasteiger partial charge is 0.450 e. The number of morpholine rings is 1. The molecule has 2 atom stereocenters. The molecule has 1 aromatic rings. The lowest BCUT2D eigenvalue weighted by atomic mass is 9.95. The summed E-state index contributed by atoms with van der Waals surface area (Å²) >= 11 is 0. The summed E-state index contributed by atoms with van der Waals surface area (Å²) in [6.45, 7) is 3.51. The van der Waals surface area contributed by atoms with E-state index in [4.69, 9.17) is 4.74 Å². The van der Waals surface area contributed by atoms with Crippen LogP contribution >= 0.6 is 0 Å². The molecule has 4 nitrogen and oxygen atoms in total. The molecule has 2 fully saturated rings. The van der Waals surface area contributed by atoms with Crippen molar-refractivity contribution in [1.29, 1.82) is 0 Å². The van der Waals surface area contributed by atoms with Crippen LogP contribution in [-0.2, 0) is 14.3 Å². The van der Waals surface area contributed by atoms with Crippen LogP contribution in [0.15, 0.2) is 18.2 Å². The fourth-order valence-corrected chi connectivity index (χ4v) is 3.28. The molecule has 0 radical (unpaired) electrons. The lowest BCUT2D eigenvalue weighted by molar-refractivity contribution is -0.188. The predicted molar refractivity (Wildman–Crippen MR) is 69.1 cm³/mol. The van der Waals surface area contributed by atoms with Crippen molar-refractivity contribution in [1.82, 2.24) is 4.90 Å². The highest BCUT2D eigenvalue weighted by Crippen LogP contribution is 2.43. The molecule has 1 amide bonds. The second kappa shape index (κ2) is 4.51. The van der Waals surface area contributed by atoms with E-state index >= 15 is 0 Å². The van der Waals surface area contributed by atoms with Gasteiger partial charge >= 0.3 is 11.9 Å². The molecule has 0 bridgehead atoms. The van der Waals surface area contributed by atoms with Gasteiger partial charge < -0.3 is 9.64 Å². The Balaban J connectivity index is 2.00. The Morgan fingerprint density at radius 1 is 1.19 bits per heavy atom. The number of amides is 1. The average molecular weight is 295 g/mol. The summed E-state index contributed by atoms with van der Waals surface area (Å²) in [5, 5.41) is 0. The molecule has 3 rings (SSSR count). The molecule has 0 aromatic heterocycles. The summed E-state index contributed by atoms with van der Waals surface area (Å²) < 4.78 is 31.6. The molecule has 2 saturated heterocycles. The Morgan fingerprint density at radius 2 is 1.90 bits per heavy atom. The van der Waals surface area contributed by atoms with Crippen molar-refractivity contribution in [3.05, 3.63) is 35.4 Å². The minimum atomic E-state index is -0.956. The van der Waals surface area contributed by atoms with Gasteiger partial charge in [0.25, 0.3) is 0 Å². The first-order valence-corrected chi connectivity index (χ1v) is 6.82. The van der Waals surface area contributed by atoms with Crippen LogP contribution in [0.4, 0.5) is 8.78 Å². The lowest BCUT2D eigenvalue weighted by Gasteiger charge is -2.43. The van der Waals surface area contributed by atoms with Gasteiger partial charge in [-0.2, -0.15) is 0 Å². The van der Waals surface area contributed by atoms with Crippen molar-refractivity contribution >= 4 is 11.9 Å². The number of esters is 1. The average Bonchev–Trinajstić information content (AvgIpc) is 2.85. The molecule has 1 aromatic carbocycles. The van der Waals surface area contributed by atoms with Crippen molar-refractivity contribution in [3.8, 4) is 0 Å². The first-order valence-electron chi connectivity index (χ1n) is 6.82. The third kappa shape index (κ3) is 2.09. The van der Waals surface area contributed by atoms with Gasteiger partial charge in [-0.05, 0) is 44.4 Å². The molecule has 112 valence electrons. The van der Waals surface area contributed by atoms with Gasteiger partial charge in [0, 0.05) is 0 Å². The van der Waals surface area contributed by atoms with Crippen molar-refractivity contribution in [3.63, 3.8) is 0 Å². The molecule has 0 saturated carbocycles. The van der Waals surface area contributed by atoms with E-state index in [1.165, 1.54) is 11.0 Å². The summed E-state index contributed by atoms with van der Waals surface area (Å²) in [6, 6.07) is 2.90. The molecule has 21 heavy (non-hydrogen) atoms. The molecule has 2 aliphatic rings. The SMILES string of the molecule is CC1(C)OC(=O)C(=O)N2[C@H](c3ccc(F)c(F)c3)CC[C@@H]21. The van der Waals surface area contributed by atoms with E-state index in [1.807, 2.05) is 0 Å². The molecule has 2 aliphatic heterocycles. The van der Waals surface area contributed by atoms with Crippen molar-refractivity contribution in [2.75, 3.05) is 0 Å². The molecule has 0 spiro atoms. The Morgan fingerprint density at radius 3 is 2.57 bits per heavy atom. The minimum absolute atomic E-state index is 0.249. The second-order valence-corrected chi connectivity index (χ2v) is 5.99. The van der Waals surface area contributed by atoms with Gasteiger partial charge in [0.05, 0.1) is 12.1 Å². The first kappa shape index (κ1) is 14.0. The Labute approximate surface area is 120 Å². The van der Waals surface area contributed by atoms with Gasteiger partial charge in [-0.1, -0.05) is 6.07 Å². The number of hydrogen-bond donors (Lipinski definition) is 0. The fourth-order valence-electron chi connectivity index (χ4n) is 3.28. The highest BCUT2D eigenvalue weighted by Gasteiger charge is 2.53. The van der Waals surface area contributed by atoms with Crippen molar-refractivity contribution in [2.24, 2.45) is 0 Å². The monoisotopic (exact) mass is 295 g/mol. The number of benzene rings is 1. The molecule has 2 heterocycles. The zero-order chi connectivity index (χ0) is 15.4. The maximum Gasteiger partial charge on any atom is 0.397 e. The zero-order valence-electron chi connectivity index (χ0n) is 11.7. The Kier molecular flexibility index (Phi) is 3.00. The van der Waals surface area contributed by atoms with E-state index < -0.39 is 35.2 Å². The van der Waals surface area contributed by atoms with Crippen molar-refractivity contribution in [2.45, 2.75) is 44.4 Å². The number of carbonyl (C=O) groups is 2. The topological polar surface area (TPSA) is 46.6 Å². The third-order valence-corrected chi connectivity index (χ3v) is 4.28. The Bertz CT molecular complexity index is 629. The summed E-state index contributed by atoms with van der Waals surface area (Å²) in [5.41, 5.74) is -0.284. The van der Waals surface area contributed by atoms with Crippen LogP contribution in [0, 0.1) is 11.6 Å². The summed E-state index contributed by atoms with van der Waals surface area (Å²) in [6.07, 6.45) is 1.23. The highest BCUT2D eigenvalue weighted by molar-refractivity contribution is 6.33. The molecule has 6 heteroatoms.